The predicted molar refractivity (Wildman–Crippen MR) is 118 cm³/mol. The third-order valence-corrected chi connectivity index (χ3v) is 5.91. The van der Waals surface area contributed by atoms with Crippen molar-refractivity contribution in [3.63, 3.8) is 0 Å². The Labute approximate surface area is 168 Å². The molecule has 2 fully saturated rings. The summed E-state index contributed by atoms with van der Waals surface area (Å²) >= 11 is 0. The first kappa shape index (κ1) is 22.1. The van der Waals surface area contributed by atoms with Gasteiger partial charge in [-0.3, -0.25) is 4.90 Å². The molecule has 1 aliphatic carbocycles. The van der Waals surface area contributed by atoms with Gasteiger partial charge >= 0.3 is 0 Å². The highest BCUT2D eigenvalue weighted by molar-refractivity contribution is 5.58. The topological polar surface area (TPSA) is 15.7 Å². The van der Waals surface area contributed by atoms with Crippen LogP contribution in [-0.2, 0) is 0 Å². The van der Waals surface area contributed by atoms with Gasteiger partial charge in [-0.1, -0.05) is 45.7 Å². The summed E-state index contributed by atoms with van der Waals surface area (Å²) in [6.07, 6.45) is 8.74. The fourth-order valence-electron chi connectivity index (χ4n) is 4.61. The van der Waals surface area contributed by atoms with Crippen molar-refractivity contribution in [1.29, 1.82) is 0 Å². The molecule has 0 radical (unpaired) electrons. The van der Waals surface area contributed by atoms with Crippen molar-refractivity contribution in [2.45, 2.75) is 85.3 Å². The molecule has 0 N–H and O–H groups in total. The molecule has 3 heteroatoms. The maximum atomic E-state index is 6.02. The van der Waals surface area contributed by atoms with E-state index in [1.54, 1.807) is 0 Å². The van der Waals surface area contributed by atoms with E-state index in [1.165, 1.54) is 57.3 Å². The number of benzene rings is 1. The van der Waals surface area contributed by atoms with Gasteiger partial charge in [0.05, 0.1) is 11.8 Å². The fourth-order valence-corrected chi connectivity index (χ4v) is 4.61. The maximum Gasteiger partial charge on any atom is 0.142 e. The van der Waals surface area contributed by atoms with Gasteiger partial charge in [-0.05, 0) is 57.6 Å². The molecule has 1 aliphatic heterocycles. The first-order chi connectivity index (χ1) is 13.2. The minimum atomic E-state index is 0.223. The van der Waals surface area contributed by atoms with Crippen LogP contribution in [0.3, 0.4) is 0 Å². The Morgan fingerprint density at radius 3 is 2.19 bits per heavy atom. The van der Waals surface area contributed by atoms with Gasteiger partial charge < -0.3 is 9.64 Å². The SMILES string of the molecule is CC.CCCC1CCC(N2CCN(c3ccccc3OC(C)C)CC2)CC1. The van der Waals surface area contributed by atoms with E-state index < -0.39 is 0 Å². The fraction of sp³-hybridized carbons (Fsp3) is 0.750. The number of hydrogen-bond acceptors (Lipinski definition) is 3. The van der Waals surface area contributed by atoms with Gasteiger partial charge in [0.15, 0.2) is 0 Å². The number of anilines is 1. The Morgan fingerprint density at radius 1 is 0.963 bits per heavy atom. The number of ether oxygens (including phenoxy) is 1. The summed E-state index contributed by atoms with van der Waals surface area (Å²) in [5.74, 6) is 2.04. The lowest BCUT2D eigenvalue weighted by atomic mass is 9.83. The third kappa shape index (κ3) is 6.41. The summed E-state index contributed by atoms with van der Waals surface area (Å²) in [5, 5.41) is 0. The average molecular weight is 375 g/mol. The second kappa shape index (κ2) is 11.6. The molecular weight excluding hydrogens is 332 g/mol. The lowest BCUT2D eigenvalue weighted by Gasteiger charge is -2.43. The van der Waals surface area contributed by atoms with Gasteiger partial charge in [0.25, 0.3) is 0 Å². The van der Waals surface area contributed by atoms with Gasteiger partial charge in [-0.2, -0.15) is 0 Å². The van der Waals surface area contributed by atoms with Gasteiger partial charge in [-0.25, -0.2) is 0 Å². The van der Waals surface area contributed by atoms with Crippen molar-refractivity contribution in [2.75, 3.05) is 31.1 Å². The van der Waals surface area contributed by atoms with Crippen molar-refractivity contribution < 1.29 is 4.74 Å². The molecule has 3 nitrogen and oxygen atoms in total. The Balaban J connectivity index is 0.00000126. The number of para-hydroxylation sites is 2. The Kier molecular flexibility index (Phi) is 9.47. The second-order valence-electron chi connectivity index (χ2n) is 8.12. The highest BCUT2D eigenvalue weighted by Crippen LogP contribution is 2.33. The number of nitrogens with zero attached hydrogens (tertiary/aromatic N) is 2. The highest BCUT2D eigenvalue weighted by Gasteiger charge is 2.28. The van der Waals surface area contributed by atoms with E-state index in [2.05, 4.69) is 54.8 Å². The molecule has 0 atom stereocenters. The number of rotatable bonds is 6. The summed E-state index contributed by atoms with van der Waals surface area (Å²) < 4.78 is 6.02. The zero-order valence-corrected chi connectivity index (χ0v) is 18.4. The smallest absolute Gasteiger partial charge is 0.142 e. The summed E-state index contributed by atoms with van der Waals surface area (Å²) in [6.45, 7) is 15.2. The van der Waals surface area contributed by atoms with E-state index in [4.69, 9.17) is 4.74 Å². The molecule has 0 spiro atoms. The van der Waals surface area contributed by atoms with Crippen LogP contribution in [-0.4, -0.2) is 43.2 Å². The monoisotopic (exact) mass is 374 g/mol. The Morgan fingerprint density at radius 2 is 1.59 bits per heavy atom. The van der Waals surface area contributed by atoms with Crippen LogP contribution in [0.5, 0.6) is 5.75 Å². The van der Waals surface area contributed by atoms with Crippen LogP contribution in [0.15, 0.2) is 24.3 Å². The normalized spacial score (nSPS) is 23.7. The summed E-state index contributed by atoms with van der Waals surface area (Å²) in [7, 11) is 0. The zero-order valence-electron chi connectivity index (χ0n) is 18.4. The standard InChI is InChI=1S/C22H36N2O.C2H6/c1-4-7-19-10-12-20(13-11-19)23-14-16-24(17-15-23)21-8-5-6-9-22(21)25-18(2)3;1-2/h5-6,8-9,18-20H,4,7,10-17H2,1-3H3;1-2H3. The molecular formula is C24H42N2O. The molecule has 1 heterocycles. The molecule has 1 saturated heterocycles. The van der Waals surface area contributed by atoms with Crippen LogP contribution in [0, 0.1) is 5.92 Å². The Bertz CT molecular complexity index is 515. The van der Waals surface area contributed by atoms with Gasteiger partial charge in [0.2, 0.25) is 0 Å². The molecule has 2 aliphatic rings. The van der Waals surface area contributed by atoms with Crippen LogP contribution < -0.4 is 9.64 Å². The molecule has 0 unspecified atom stereocenters. The van der Waals surface area contributed by atoms with Gasteiger partial charge in [0.1, 0.15) is 5.75 Å². The number of piperazine rings is 1. The van der Waals surface area contributed by atoms with E-state index in [-0.39, 0.29) is 6.10 Å². The van der Waals surface area contributed by atoms with Crippen LogP contribution >= 0.6 is 0 Å². The molecule has 3 rings (SSSR count). The quantitative estimate of drug-likeness (QED) is 0.609. The van der Waals surface area contributed by atoms with E-state index in [0.717, 1.165) is 30.8 Å². The predicted octanol–water partition coefficient (Wildman–Crippen LogP) is 5.98. The minimum Gasteiger partial charge on any atom is -0.489 e. The van der Waals surface area contributed by atoms with Gasteiger partial charge in [-0.15, -0.1) is 0 Å². The van der Waals surface area contributed by atoms with Crippen molar-refractivity contribution in [2.24, 2.45) is 5.92 Å². The first-order valence-corrected chi connectivity index (χ1v) is 11.4. The minimum absolute atomic E-state index is 0.223. The third-order valence-electron chi connectivity index (χ3n) is 5.91. The van der Waals surface area contributed by atoms with E-state index in [1.807, 2.05) is 13.8 Å². The van der Waals surface area contributed by atoms with Crippen molar-refractivity contribution in [1.82, 2.24) is 4.90 Å². The Hall–Kier alpha value is -1.22. The first-order valence-electron chi connectivity index (χ1n) is 11.4. The lowest BCUT2D eigenvalue weighted by Crippen LogP contribution is -2.51. The van der Waals surface area contributed by atoms with Crippen LogP contribution in [0.1, 0.15) is 73.1 Å². The molecule has 1 aromatic carbocycles. The summed E-state index contributed by atoms with van der Waals surface area (Å²) in [4.78, 5) is 5.27. The summed E-state index contributed by atoms with van der Waals surface area (Å²) in [6, 6.07) is 9.35. The molecule has 0 bridgehead atoms. The molecule has 1 saturated carbocycles. The van der Waals surface area contributed by atoms with E-state index in [0.29, 0.717) is 0 Å². The summed E-state index contributed by atoms with van der Waals surface area (Å²) in [5.41, 5.74) is 1.27. The molecule has 1 aromatic rings. The highest BCUT2D eigenvalue weighted by atomic mass is 16.5. The van der Waals surface area contributed by atoms with Crippen molar-refractivity contribution in [3.8, 4) is 5.75 Å². The van der Waals surface area contributed by atoms with Crippen molar-refractivity contribution in [3.05, 3.63) is 24.3 Å². The van der Waals surface area contributed by atoms with Crippen LogP contribution in [0.2, 0.25) is 0 Å². The average Bonchev–Trinajstić information content (AvgIpc) is 2.71. The lowest BCUT2D eigenvalue weighted by molar-refractivity contribution is 0.126. The maximum absolute atomic E-state index is 6.02. The van der Waals surface area contributed by atoms with Crippen LogP contribution in [0.4, 0.5) is 5.69 Å². The van der Waals surface area contributed by atoms with Crippen LogP contribution in [0.25, 0.3) is 0 Å². The second-order valence-corrected chi connectivity index (χ2v) is 8.12. The molecule has 0 amide bonds. The molecule has 154 valence electrons. The van der Waals surface area contributed by atoms with E-state index >= 15 is 0 Å². The largest absolute Gasteiger partial charge is 0.489 e. The number of hydrogen-bond donors (Lipinski definition) is 0. The zero-order chi connectivity index (χ0) is 19.6. The van der Waals surface area contributed by atoms with E-state index in [9.17, 15) is 0 Å². The van der Waals surface area contributed by atoms with Gasteiger partial charge in [0, 0.05) is 32.2 Å². The molecule has 0 aromatic heterocycles. The molecule has 27 heavy (non-hydrogen) atoms. The van der Waals surface area contributed by atoms with Crippen molar-refractivity contribution >= 4 is 5.69 Å².